The first-order valence-electron chi connectivity index (χ1n) is 6.07. The van der Waals surface area contributed by atoms with Gasteiger partial charge in [-0.3, -0.25) is 0 Å². The number of nitrogens with one attached hydrogen (secondary N) is 2. The number of aromatic nitrogens is 1. The molecule has 1 aromatic heterocycles. The molecule has 3 N–H and O–H groups in total. The highest BCUT2D eigenvalue weighted by molar-refractivity contribution is 5.47. The van der Waals surface area contributed by atoms with Crippen LogP contribution in [0.3, 0.4) is 0 Å². The zero-order chi connectivity index (χ0) is 13.1. The summed E-state index contributed by atoms with van der Waals surface area (Å²) in [5.74, 6) is -1.32. The first-order chi connectivity index (χ1) is 8.61. The first kappa shape index (κ1) is 13.0. The van der Waals surface area contributed by atoms with Gasteiger partial charge >= 0.3 is 0 Å². The maximum Gasteiger partial charge on any atom is 0.168 e. The molecule has 0 spiro atoms. The molecule has 1 fully saturated rings. The van der Waals surface area contributed by atoms with Crippen molar-refractivity contribution in [1.82, 2.24) is 4.98 Å². The van der Waals surface area contributed by atoms with E-state index in [0.717, 1.165) is 25.3 Å². The van der Waals surface area contributed by atoms with Crippen LogP contribution in [0.4, 0.5) is 20.4 Å². The molecule has 0 aliphatic heterocycles. The molecular formula is C12H17F2N3O. The van der Waals surface area contributed by atoms with Crippen LogP contribution in [0.2, 0.25) is 0 Å². The molecular weight excluding hydrogens is 240 g/mol. The fourth-order valence-electron chi connectivity index (χ4n) is 2.25. The van der Waals surface area contributed by atoms with Crippen molar-refractivity contribution < 1.29 is 13.9 Å². The lowest BCUT2D eigenvalue weighted by atomic mass is 10.1. The van der Waals surface area contributed by atoms with E-state index in [4.69, 9.17) is 0 Å². The van der Waals surface area contributed by atoms with E-state index in [1.807, 2.05) is 0 Å². The van der Waals surface area contributed by atoms with Crippen molar-refractivity contribution >= 4 is 11.6 Å². The minimum atomic E-state index is -0.723. The monoisotopic (exact) mass is 257 g/mol. The third-order valence-corrected chi connectivity index (χ3v) is 3.32. The third-order valence-electron chi connectivity index (χ3n) is 3.32. The Morgan fingerprint density at radius 2 is 2.06 bits per heavy atom. The van der Waals surface area contributed by atoms with Gasteiger partial charge < -0.3 is 15.7 Å². The summed E-state index contributed by atoms with van der Waals surface area (Å²) in [7, 11) is 1.52. The molecule has 0 radical (unpaired) electrons. The highest BCUT2D eigenvalue weighted by Gasteiger charge is 2.25. The summed E-state index contributed by atoms with van der Waals surface area (Å²) >= 11 is 0. The van der Waals surface area contributed by atoms with E-state index >= 15 is 0 Å². The van der Waals surface area contributed by atoms with Gasteiger partial charge in [-0.2, -0.15) is 0 Å². The normalized spacial score (nSPS) is 23.1. The van der Waals surface area contributed by atoms with E-state index < -0.39 is 11.6 Å². The molecule has 100 valence electrons. The number of aliphatic hydroxyl groups excluding tert-OH is 1. The summed E-state index contributed by atoms with van der Waals surface area (Å²) in [6, 6.07) is 0.798. The Morgan fingerprint density at radius 3 is 2.67 bits per heavy atom. The molecule has 1 aromatic rings. The predicted molar refractivity (Wildman–Crippen MR) is 65.5 cm³/mol. The van der Waals surface area contributed by atoms with E-state index in [-0.39, 0.29) is 23.7 Å². The second kappa shape index (κ2) is 5.48. The van der Waals surface area contributed by atoms with Gasteiger partial charge in [0, 0.05) is 25.6 Å². The zero-order valence-corrected chi connectivity index (χ0v) is 10.2. The average Bonchev–Trinajstić information content (AvgIpc) is 2.74. The van der Waals surface area contributed by atoms with Gasteiger partial charge in [-0.1, -0.05) is 6.42 Å². The van der Waals surface area contributed by atoms with Crippen LogP contribution < -0.4 is 10.6 Å². The van der Waals surface area contributed by atoms with Gasteiger partial charge in [0.25, 0.3) is 0 Å². The van der Waals surface area contributed by atoms with E-state index in [9.17, 15) is 13.9 Å². The van der Waals surface area contributed by atoms with Crippen molar-refractivity contribution in [2.45, 2.75) is 25.4 Å². The van der Waals surface area contributed by atoms with E-state index in [2.05, 4.69) is 15.6 Å². The van der Waals surface area contributed by atoms with Gasteiger partial charge in [0.2, 0.25) is 0 Å². The summed E-state index contributed by atoms with van der Waals surface area (Å²) in [6.45, 7) is 0.444. The maximum absolute atomic E-state index is 13.5. The lowest BCUT2D eigenvalue weighted by Crippen LogP contribution is -2.22. The molecule has 0 bridgehead atoms. The van der Waals surface area contributed by atoms with Crippen LogP contribution in [-0.2, 0) is 0 Å². The van der Waals surface area contributed by atoms with Crippen molar-refractivity contribution in [2.24, 2.45) is 5.92 Å². The Hall–Kier alpha value is -1.43. The van der Waals surface area contributed by atoms with Crippen LogP contribution in [0.25, 0.3) is 0 Å². The van der Waals surface area contributed by atoms with Crippen LogP contribution in [0.15, 0.2) is 6.07 Å². The molecule has 4 nitrogen and oxygen atoms in total. The molecule has 18 heavy (non-hydrogen) atoms. The van der Waals surface area contributed by atoms with Gasteiger partial charge in [-0.05, 0) is 12.8 Å². The number of hydrogen-bond donors (Lipinski definition) is 3. The fourth-order valence-corrected chi connectivity index (χ4v) is 2.25. The minimum absolute atomic E-state index is 0.00544. The Kier molecular flexibility index (Phi) is 3.96. The Balaban J connectivity index is 2.04. The van der Waals surface area contributed by atoms with E-state index in [1.54, 1.807) is 0 Å². The van der Waals surface area contributed by atoms with Crippen molar-refractivity contribution in [2.75, 3.05) is 24.2 Å². The molecule has 2 unspecified atom stereocenters. The van der Waals surface area contributed by atoms with Crippen LogP contribution in [0.5, 0.6) is 0 Å². The molecule has 1 aliphatic rings. The SMILES string of the molecule is CNc1nc(NCC2CCCC2O)c(F)cc1F. The summed E-state index contributed by atoms with van der Waals surface area (Å²) in [4.78, 5) is 3.82. The Labute approximate surface area is 104 Å². The fraction of sp³-hybridized carbons (Fsp3) is 0.583. The van der Waals surface area contributed by atoms with Crippen molar-refractivity contribution in [1.29, 1.82) is 0 Å². The lowest BCUT2D eigenvalue weighted by molar-refractivity contribution is 0.138. The average molecular weight is 257 g/mol. The molecule has 0 aromatic carbocycles. The summed E-state index contributed by atoms with van der Waals surface area (Å²) in [5, 5.41) is 15.0. The summed E-state index contributed by atoms with van der Waals surface area (Å²) < 4.78 is 26.7. The Morgan fingerprint density at radius 1 is 1.33 bits per heavy atom. The number of pyridine rings is 1. The highest BCUT2D eigenvalue weighted by Crippen LogP contribution is 2.26. The van der Waals surface area contributed by atoms with Crippen LogP contribution in [0, 0.1) is 17.6 Å². The number of rotatable bonds is 4. The second-order valence-corrected chi connectivity index (χ2v) is 4.54. The molecule has 2 rings (SSSR count). The van der Waals surface area contributed by atoms with Crippen LogP contribution >= 0.6 is 0 Å². The third kappa shape index (κ3) is 2.69. The number of anilines is 2. The van der Waals surface area contributed by atoms with Gasteiger partial charge in [0.05, 0.1) is 6.10 Å². The van der Waals surface area contributed by atoms with E-state index in [1.165, 1.54) is 7.05 Å². The summed E-state index contributed by atoms with van der Waals surface area (Å²) in [5.41, 5.74) is 0. The lowest BCUT2D eigenvalue weighted by Gasteiger charge is -2.16. The highest BCUT2D eigenvalue weighted by atomic mass is 19.1. The smallest absolute Gasteiger partial charge is 0.168 e. The topological polar surface area (TPSA) is 57.2 Å². The number of halogens is 2. The largest absolute Gasteiger partial charge is 0.393 e. The van der Waals surface area contributed by atoms with Gasteiger partial charge in [0.1, 0.15) is 0 Å². The predicted octanol–water partition coefficient (Wildman–Crippen LogP) is 1.97. The first-order valence-corrected chi connectivity index (χ1v) is 6.07. The van der Waals surface area contributed by atoms with Crippen molar-refractivity contribution in [3.63, 3.8) is 0 Å². The molecule has 1 heterocycles. The van der Waals surface area contributed by atoms with Crippen molar-refractivity contribution in [3.8, 4) is 0 Å². The molecule has 0 saturated heterocycles. The summed E-state index contributed by atoms with van der Waals surface area (Å²) in [6.07, 6.45) is 2.34. The molecule has 6 heteroatoms. The quantitative estimate of drug-likeness (QED) is 0.772. The number of nitrogens with zero attached hydrogens (tertiary/aromatic N) is 1. The number of aliphatic hydroxyl groups is 1. The minimum Gasteiger partial charge on any atom is -0.393 e. The van der Waals surface area contributed by atoms with Gasteiger partial charge in [-0.25, -0.2) is 13.8 Å². The Bertz CT molecular complexity index is 428. The van der Waals surface area contributed by atoms with E-state index in [0.29, 0.717) is 6.54 Å². The second-order valence-electron chi connectivity index (χ2n) is 4.54. The van der Waals surface area contributed by atoms with Gasteiger partial charge in [0.15, 0.2) is 23.3 Å². The van der Waals surface area contributed by atoms with Crippen LogP contribution in [-0.4, -0.2) is 29.8 Å². The molecule has 1 saturated carbocycles. The zero-order valence-electron chi connectivity index (χ0n) is 10.2. The maximum atomic E-state index is 13.5. The van der Waals surface area contributed by atoms with Crippen LogP contribution in [0.1, 0.15) is 19.3 Å². The van der Waals surface area contributed by atoms with Gasteiger partial charge in [-0.15, -0.1) is 0 Å². The molecule has 0 amide bonds. The van der Waals surface area contributed by atoms with Crippen molar-refractivity contribution in [3.05, 3.63) is 17.7 Å². The number of hydrogen-bond acceptors (Lipinski definition) is 4. The molecule has 1 aliphatic carbocycles. The standard InChI is InChI=1S/C12H17F2N3O/c1-15-11-8(13)5-9(14)12(17-11)16-6-7-3-2-4-10(7)18/h5,7,10,18H,2-4,6H2,1H3,(H2,15,16,17). The molecule has 2 atom stereocenters.